The topological polar surface area (TPSA) is 45.5 Å². The SMILES string of the molecule is C=CCO[C@H]1CN(Cc2cccc(C#N)c2)[C@H]2COC[C@@H]12. The molecule has 4 nitrogen and oxygen atoms in total. The summed E-state index contributed by atoms with van der Waals surface area (Å²) >= 11 is 0. The lowest BCUT2D eigenvalue weighted by molar-refractivity contribution is 0.0342. The number of hydrogen-bond donors (Lipinski definition) is 0. The molecule has 2 heterocycles. The van der Waals surface area contributed by atoms with Gasteiger partial charge in [0.15, 0.2) is 0 Å². The van der Waals surface area contributed by atoms with Crippen LogP contribution in [0.15, 0.2) is 36.9 Å². The Hall–Kier alpha value is -1.67. The second-order valence-electron chi connectivity index (χ2n) is 5.67. The lowest BCUT2D eigenvalue weighted by atomic mass is 10.0. The number of hydrogen-bond acceptors (Lipinski definition) is 4. The van der Waals surface area contributed by atoms with E-state index in [9.17, 15) is 0 Å². The van der Waals surface area contributed by atoms with Crippen molar-refractivity contribution in [3.63, 3.8) is 0 Å². The van der Waals surface area contributed by atoms with E-state index in [2.05, 4.69) is 23.6 Å². The van der Waals surface area contributed by atoms with E-state index in [1.807, 2.05) is 18.2 Å². The fourth-order valence-electron chi connectivity index (χ4n) is 3.32. The predicted molar refractivity (Wildman–Crippen MR) is 79.6 cm³/mol. The number of benzene rings is 1. The number of nitriles is 1. The second kappa shape index (κ2) is 6.40. The average Bonchev–Trinajstić information content (AvgIpc) is 3.10. The third-order valence-electron chi connectivity index (χ3n) is 4.32. The molecule has 0 N–H and O–H groups in total. The molecule has 0 bridgehead atoms. The van der Waals surface area contributed by atoms with E-state index in [-0.39, 0.29) is 6.10 Å². The van der Waals surface area contributed by atoms with Crippen LogP contribution in [0.1, 0.15) is 11.1 Å². The van der Waals surface area contributed by atoms with Crippen molar-refractivity contribution in [1.82, 2.24) is 4.90 Å². The van der Waals surface area contributed by atoms with Gasteiger partial charge in [0, 0.05) is 25.0 Å². The molecule has 0 unspecified atom stereocenters. The third kappa shape index (κ3) is 3.01. The molecule has 3 rings (SSSR count). The monoisotopic (exact) mass is 284 g/mol. The van der Waals surface area contributed by atoms with Gasteiger partial charge in [-0.2, -0.15) is 5.26 Å². The van der Waals surface area contributed by atoms with Crippen molar-refractivity contribution >= 4 is 0 Å². The first kappa shape index (κ1) is 14.3. The molecule has 2 fully saturated rings. The molecule has 1 aromatic rings. The van der Waals surface area contributed by atoms with E-state index in [4.69, 9.17) is 14.7 Å². The number of fused-ring (bicyclic) bond motifs is 1. The van der Waals surface area contributed by atoms with Crippen molar-refractivity contribution in [2.24, 2.45) is 5.92 Å². The highest BCUT2D eigenvalue weighted by molar-refractivity contribution is 5.32. The van der Waals surface area contributed by atoms with E-state index in [0.717, 1.165) is 26.3 Å². The molecule has 4 heteroatoms. The summed E-state index contributed by atoms with van der Waals surface area (Å²) in [5.41, 5.74) is 1.88. The van der Waals surface area contributed by atoms with Gasteiger partial charge in [-0.3, -0.25) is 4.90 Å². The summed E-state index contributed by atoms with van der Waals surface area (Å²) in [6.07, 6.45) is 2.01. The van der Waals surface area contributed by atoms with Crippen molar-refractivity contribution in [2.45, 2.75) is 18.7 Å². The standard InChI is InChI=1S/C17H20N2O2/c1-2-6-21-17-10-19(16-12-20-11-15(16)17)9-14-5-3-4-13(7-14)8-18/h2-5,7,15-17H,1,6,9-12H2/t15-,16+,17+/m1/s1. The molecule has 1 aromatic carbocycles. The molecular weight excluding hydrogens is 264 g/mol. The quantitative estimate of drug-likeness (QED) is 0.775. The van der Waals surface area contributed by atoms with Crippen LogP contribution in [-0.2, 0) is 16.0 Å². The van der Waals surface area contributed by atoms with E-state index >= 15 is 0 Å². The highest BCUT2D eigenvalue weighted by Crippen LogP contribution is 2.33. The summed E-state index contributed by atoms with van der Waals surface area (Å²) in [6.45, 7) is 7.62. The third-order valence-corrected chi connectivity index (χ3v) is 4.32. The van der Waals surface area contributed by atoms with Gasteiger partial charge in [0.1, 0.15) is 0 Å². The first-order chi connectivity index (χ1) is 10.3. The Kier molecular flexibility index (Phi) is 4.35. The summed E-state index contributed by atoms with van der Waals surface area (Å²) in [4.78, 5) is 2.42. The van der Waals surface area contributed by atoms with Crippen molar-refractivity contribution < 1.29 is 9.47 Å². The molecule has 2 aliphatic rings. The Morgan fingerprint density at radius 3 is 3.19 bits per heavy atom. The van der Waals surface area contributed by atoms with Crippen LogP contribution in [0, 0.1) is 17.2 Å². The maximum Gasteiger partial charge on any atom is 0.0991 e. The molecule has 0 saturated carbocycles. The summed E-state index contributed by atoms with van der Waals surface area (Å²) in [6, 6.07) is 10.4. The maximum atomic E-state index is 9.00. The Bertz CT molecular complexity index is 552. The zero-order valence-electron chi connectivity index (χ0n) is 12.1. The first-order valence-electron chi connectivity index (χ1n) is 7.35. The van der Waals surface area contributed by atoms with E-state index in [1.165, 1.54) is 5.56 Å². The first-order valence-corrected chi connectivity index (χ1v) is 7.35. The zero-order chi connectivity index (χ0) is 14.7. The molecule has 110 valence electrons. The van der Waals surface area contributed by atoms with Crippen LogP contribution in [0.3, 0.4) is 0 Å². The Morgan fingerprint density at radius 2 is 2.38 bits per heavy atom. The minimum atomic E-state index is 0.217. The molecule has 21 heavy (non-hydrogen) atoms. The second-order valence-corrected chi connectivity index (χ2v) is 5.67. The molecule has 2 aliphatic heterocycles. The average molecular weight is 284 g/mol. The number of ether oxygens (including phenoxy) is 2. The van der Waals surface area contributed by atoms with Gasteiger partial charge in [-0.15, -0.1) is 6.58 Å². The van der Waals surface area contributed by atoms with Gasteiger partial charge >= 0.3 is 0 Å². The number of nitrogens with zero attached hydrogens (tertiary/aromatic N) is 2. The Balaban J connectivity index is 1.70. The number of rotatable bonds is 5. The molecular formula is C17H20N2O2. The van der Waals surface area contributed by atoms with Crippen molar-refractivity contribution in [2.75, 3.05) is 26.4 Å². The maximum absolute atomic E-state index is 9.00. The van der Waals surface area contributed by atoms with Crippen LogP contribution >= 0.6 is 0 Å². The van der Waals surface area contributed by atoms with Crippen molar-refractivity contribution in [3.8, 4) is 6.07 Å². The van der Waals surface area contributed by atoms with Gasteiger partial charge in [-0.1, -0.05) is 18.2 Å². The molecule has 2 saturated heterocycles. The van der Waals surface area contributed by atoms with E-state index < -0.39 is 0 Å². The van der Waals surface area contributed by atoms with E-state index in [1.54, 1.807) is 6.08 Å². The van der Waals surface area contributed by atoms with E-state index in [0.29, 0.717) is 24.1 Å². The Morgan fingerprint density at radius 1 is 1.48 bits per heavy atom. The summed E-state index contributed by atoms with van der Waals surface area (Å²) in [5, 5.41) is 9.00. The van der Waals surface area contributed by atoms with Crippen LogP contribution in [0.25, 0.3) is 0 Å². The minimum absolute atomic E-state index is 0.217. The zero-order valence-corrected chi connectivity index (χ0v) is 12.1. The van der Waals surface area contributed by atoms with Gasteiger partial charge < -0.3 is 9.47 Å². The smallest absolute Gasteiger partial charge is 0.0991 e. The van der Waals surface area contributed by atoms with Crippen molar-refractivity contribution in [3.05, 3.63) is 48.0 Å². The van der Waals surface area contributed by atoms with Crippen LogP contribution in [0.5, 0.6) is 0 Å². The lowest BCUT2D eigenvalue weighted by Crippen LogP contribution is -2.32. The molecule has 3 atom stereocenters. The van der Waals surface area contributed by atoms with Crippen LogP contribution in [0.4, 0.5) is 0 Å². The summed E-state index contributed by atoms with van der Waals surface area (Å²) in [7, 11) is 0. The molecule has 0 spiro atoms. The van der Waals surface area contributed by atoms with Gasteiger partial charge in [0.05, 0.1) is 37.6 Å². The van der Waals surface area contributed by atoms with Crippen molar-refractivity contribution in [1.29, 1.82) is 5.26 Å². The van der Waals surface area contributed by atoms with Gasteiger partial charge in [0.25, 0.3) is 0 Å². The van der Waals surface area contributed by atoms with Crippen LogP contribution in [0.2, 0.25) is 0 Å². The minimum Gasteiger partial charge on any atom is -0.379 e. The lowest BCUT2D eigenvalue weighted by Gasteiger charge is -2.22. The Labute approximate surface area is 125 Å². The highest BCUT2D eigenvalue weighted by atomic mass is 16.5. The molecule has 0 aromatic heterocycles. The largest absolute Gasteiger partial charge is 0.379 e. The van der Waals surface area contributed by atoms with Gasteiger partial charge in [-0.05, 0) is 17.7 Å². The predicted octanol–water partition coefficient (Wildman–Crippen LogP) is 1.96. The summed E-state index contributed by atoms with van der Waals surface area (Å²) in [5.74, 6) is 0.448. The van der Waals surface area contributed by atoms with Gasteiger partial charge in [0.2, 0.25) is 0 Å². The molecule has 0 aliphatic carbocycles. The number of likely N-dealkylation sites (tertiary alicyclic amines) is 1. The highest BCUT2D eigenvalue weighted by Gasteiger charge is 2.45. The van der Waals surface area contributed by atoms with Gasteiger partial charge in [-0.25, -0.2) is 0 Å². The fraction of sp³-hybridized carbons (Fsp3) is 0.471. The molecule has 0 amide bonds. The fourth-order valence-corrected chi connectivity index (χ4v) is 3.32. The van der Waals surface area contributed by atoms with Crippen LogP contribution in [-0.4, -0.2) is 43.4 Å². The molecule has 0 radical (unpaired) electrons. The summed E-state index contributed by atoms with van der Waals surface area (Å²) < 4.78 is 11.5. The normalized spacial score (nSPS) is 28.2. The van der Waals surface area contributed by atoms with Crippen LogP contribution < -0.4 is 0 Å².